The summed E-state index contributed by atoms with van der Waals surface area (Å²) in [6, 6.07) is 14.8. The molecule has 2 aromatic carbocycles. The molecule has 0 atom stereocenters. The third-order valence-corrected chi connectivity index (χ3v) is 4.59. The molecule has 0 aromatic heterocycles. The van der Waals surface area contributed by atoms with Crippen LogP contribution in [-0.4, -0.2) is 27.2 Å². The second-order valence-electron chi connectivity index (χ2n) is 6.27. The molecule has 0 bridgehead atoms. The van der Waals surface area contributed by atoms with Crippen molar-refractivity contribution in [3.05, 3.63) is 70.2 Å². The van der Waals surface area contributed by atoms with Gasteiger partial charge in [-0.3, -0.25) is 14.7 Å². The Kier molecular flexibility index (Phi) is 4.28. The molecule has 0 radical (unpaired) electrons. The lowest BCUT2D eigenvalue weighted by Gasteiger charge is -2.29. The van der Waals surface area contributed by atoms with Crippen molar-refractivity contribution in [2.75, 3.05) is 0 Å². The average molecular weight is 357 g/mol. The van der Waals surface area contributed by atoms with E-state index in [0.717, 1.165) is 11.1 Å². The first-order valence-corrected chi connectivity index (χ1v) is 8.39. The predicted molar refractivity (Wildman–Crippen MR) is 102 cm³/mol. The Hall–Kier alpha value is -2.04. The van der Waals surface area contributed by atoms with Gasteiger partial charge < -0.3 is 0 Å². The molecule has 122 valence electrons. The second-order valence-corrected chi connectivity index (χ2v) is 7.10. The molecule has 0 N–H and O–H groups in total. The highest BCUT2D eigenvalue weighted by atomic mass is 35.5. The molecule has 3 rings (SSSR count). The van der Waals surface area contributed by atoms with Crippen molar-refractivity contribution in [3.8, 4) is 0 Å². The van der Waals surface area contributed by atoms with Crippen LogP contribution < -0.4 is 0 Å². The Morgan fingerprint density at radius 3 is 2.25 bits per heavy atom. The molecule has 0 saturated heterocycles. The fraction of sp³-hybridized carbons (Fsp3) is 0.211. The molecule has 5 heteroatoms. The normalized spacial score (nSPS) is 16.2. The average Bonchev–Trinajstić information content (AvgIpc) is 2.78. The van der Waals surface area contributed by atoms with Gasteiger partial charge >= 0.3 is 0 Å². The zero-order chi connectivity index (χ0) is 17.5. The standard InChI is InChI=1S/C19H17ClN2OS/c1-12-4-6-14(7-5-12)17(23)22-18(24)16(21-19(22,2)3)13-8-10-15(20)11-9-13/h4-11H,1-3H3. The van der Waals surface area contributed by atoms with Gasteiger partial charge in [-0.2, -0.15) is 0 Å². The van der Waals surface area contributed by atoms with Gasteiger partial charge in [0, 0.05) is 16.1 Å². The maximum Gasteiger partial charge on any atom is 0.260 e. The minimum Gasteiger partial charge on any atom is -0.272 e. The van der Waals surface area contributed by atoms with Crippen LogP contribution >= 0.6 is 23.8 Å². The first kappa shape index (κ1) is 16.8. The lowest BCUT2D eigenvalue weighted by molar-refractivity contribution is 0.0758. The zero-order valence-electron chi connectivity index (χ0n) is 13.7. The molecule has 0 aliphatic carbocycles. The first-order valence-electron chi connectivity index (χ1n) is 7.61. The highest BCUT2D eigenvalue weighted by molar-refractivity contribution is 7.82. The fourth-order valence-corrected chi connectivity index (χ4v) is 3.28. The van der Waals surface area contributed by atoms with Crippen molar-refractivity contribution in [1.29, 1.82) is 0 Å². The van der Waals surface area contributed by atoms with Crippen LogP contribution in [0.15, 0.2) is 53.5 Å². The summed E-state index contributed by atoms with van der Waals surface area (Å²) >= 11 is 11.5. The Labute approximate surface area is 152 Å². The summed E-state index contributed by atoms with van der Waals surface area (Å²) in [6.07, 6.45) is 0. The number of halogens is 1. The van der Waals surface area contributed by atoms with Crippen molar-refractivity contribution in [1.82, 2.24) is 4.90 Å². The number of rotatable bonds is 2. The molecule has 0 saturated carbocycles. The lowest BCUT2D eigenvalue weighted by Crippen LogP contribution is -2.46. The van der Waals surface area contributed by atoms with Gasteiger partial charge in [-0.15, -0.1) is 0 Å². The summed E-state index contributed by atoms with van der Waals surface area (Å²) in [5, 5.41) is 0.648. The van der Waals surface area contributed by atoms with Crippen molar-refractivity contribution in [2.45, 2.75) is 26.4 Å². The van der Waals surface area contributed by atoms with Crippen molar-refractivity contribution >= 4 is 40.4 Å². The van der Waals surface area contributed by atoms with Gasteiger partial charge in [0.25, 0.3) is 5.91 Å². The van der Waals surface area contributed by atoms with Gasteiger partial charge in [-0.25, -0.2) is 0 Å². The summed E-state index contributed by atoms with van der Waals surface area (Å²) in [7, 11) is 0. The maximum atomic E-state index is 13.0. The van der Waals surface area contributed by atoms with Gasteiger partial charge in [0.15, 0.2) is 0 Å². The molecule has 1 aliphatic rings. The van der Waals surface area contributed by atoms with E-state index in [-0.39, 0.29) is 5.91 Å². The second kappa shape index (κ2) is 6.11. The number of thiocarbonyl (C=S) groups is 1. The third-order valence-electron chi connectivity index (χ3n) is 3.96. The van der Waals surface area contributed by atoms with Crippen LogP contribution in [0, 0.1) is 6.92 Å². The fourth-order valence-electron chi connectivity index (χ4n) is 2.69. The van der Waals surface area contributed by atoms with Crippen LogP contribution in [0.25, 0.3) is 0 Å². The van der Waals surface area contributed by atoms with E-state index in [9.17, 15) is 4.79 Å². The van der Waals surface area contributed by atoms with Crippen LogP contribution in [0.5, 0.6) is 0 Å². The van der Waals surface area contributed by atoms with Crippen LogP contribution in [0.3, 0.4) is 0 Å². The first-order chi connectivity index (χ1) is 11.3. The van der Waals surface area contributed by atoms with Crippen molar-refractivity contribution in [3.63, 3.8) is 0 Å². The predicted octanol–water partition coefficient (Wildman–Crippen LogP) is 4.66. The van der Waals surface area contributed by atoms with E-state index in [1.807, 2.05) is 57.2 Å². The van der Waals surface area contributed by atoms with Crippen LogP contribution in [0.1, 0.15) is 35.3 Å². The third kappa shape index (κ3) is 2.99. The van der Waals surface area contributed by atoms with Crippen molar-refractivity contribution in [2.24, 2.45) is 4.99 Å². The molecular formula is C19H17ClN2OS. The molecule has 2 aromatic rings. The molecule has 0 spiro atoms. The van der Waals surface area contributed by atoms with E-state index in [1.165, 1.54) is 0 Å². The Bertz CT molecular complexity index is 839. The van der Waals surface area contributed by atoms with Crippen LogP contribution in [-0.2, 0) is 0 Å². The molecular weight excluding hydrogens is 340 g/mol. The number of amides is 1. The molecule has 1 heterocycles. The Balaban J connectivity index is 1.96. The van der Waals surface area contributed by atoms with E-state index < -0.39 is 5.66 Å². The molecule has 3 nitrogen and oxygen atoms in total. The number of carbonyl (C=O) groups is 1. The van der Waals surface area contributed by atoms with E-state index in [2.05, 4.69) is 4.99 Å². The summed E-state index contributed by atoms with van der Waals surface area (Å²) in [5.41, 5.74) is 2.48. The van der Waals surface area contributed by atoms with Gasteiger partial charge in [-0.1, -0.05) is 53.6 Å². The summed E-state index contributed by atoms with van der Waals surface area (Å²) in [5.74, 6) is -0.141. The Morgan fingerprint density at radius 1 is 1.08 bits per heavy atom. The quantitative estimate of drug-likeness (QED) is 0.733. The molecule has 1 amide bonds. The highest BCUT2D eigenvalue weighted by Gasteiger charge is 2.42. The number of hydrogen-bond donors (Lipinski definition) is 0. The topological polar surface area (TPSA) is 32.7 Å². The minimum atomic E-state index is -0.728. The summed E-state index contributed by atoms with van der Waals surface area (Å²) < 4.78 is 0. The lowest BCUT2D eigenvalue weighted by atomic mass is 10.1. The van der Waals surface area contributed by atoms with Crippen LogP contribution in [0.2, 0.25) is 5.02 Å². The smallest absolute Gasteiger partial charge is 0.260 e. The minimum absolute atomic E-state index is 0.141. The van der Waals surface area contributed by atoms with E-state index >= 15 is 0 Å². The summed E-state index contributed by atoms with van der Waals surface area (Å²) in [4.78, 5) is 19.7. The molecule has 0 unspecified atom stereocenters. The maximum absolute atomic E-state index is 13.0. The highest BCUT2D eigenvalue weighted by Crippen LogP contribution is 2.29. The van der Waals surface area contributed by atoms with Gasteiger partial charge in [0.05, 0.1) is 0 Å². The number of benzene rings is 2. The van der Waals surface area contributed by atoms with E-state index in [0.29, 0.717) is 21.3 Å². The SMILES string of the molecule is Cc1ccc(C(=O)N2C(=S)C(c3ccc(Cl)cc3)=NC2(C)C)cc1. The summed E-state index contributed by atoms with van der Waals surface area (Å²) in [6.45, 7) is 5.75. The molecule has 24 heavy (non-hydrogen) atoms. The van der Waals surface area contributed by atoms with Gasteiger partial charge in [-0.05, 0) is 45.0 Å². The Morgan fingerprint density at radius 2 is 1.67 bits per heavy atom. The number of aryl methyl sites for hydroxylation is 1. The van der Waals surface area contributed by atoms with E-state index in [4.69, 9.17) is 23.8 Å². The van der Waals surface area contributed by atoms with E-state index in [1.54, 1.807) is 17.0 Å². The van der Waals surface area contributed by atoms with Crippen LogP contribution in [0.4, 0.5) is 0 Å². The van der Waals surface area contributed by atoms with Gasteiger partial charge in [0.2, 0.25) is 0 Å². The monoisotopic (exact) mass is 356 g/mol. The number of aliphatic imine (C=N–C) groups is 1. The number of nitrogens with zero attached hydrogens (tertiary/aromatic N) is 2. The van der Waals surface area contributed by atoms with Gasteiger partial charge in [0.1, 0.15) is 16.4 Å². The van der Waals surface area contributed by atoms with Crippen molar-refractivity contribution < 1.29 is 4.79 Å². The number of carbonyl (C=O) groups excluding carboxylic acids is 1. The largest absolute Gasteiger partial charge is 0.272 e. The molecule has 1 aliphatic heterocycles. The molecule has 0 fully saturated rings. The number of hydrogen-bond acceptors (Lipinski definition) is 3. The zero-order valence-corrected chi connectivity index (χ0v) is 15.3.